The van der Waals surface area contributed by atoms with Crippen LogP contribution in [0, 0.1) is 66.7 Å². The van der Waals surface area contributed by atoms with Crippen LogP contribution in [0.5, 0.6) is 5.75 Å². The summed E-state index contributed by atoms with van der Waals surface area (Å²) in [5.74, 6) is -3.37. The molecule has 2 bridgehead atoms. The average Bonchev–Trinajstić information content (AvgIpc) is 3.56. The maximum Gasteiger partial charge on any atom is 0.336 e. The summed E-state index contributed by atoms with van der Waals surface area (Å²) in [6.07, 6.45) is -5.48. The fraction of sp³-hybridized carbons (Fsp3) is 0.585. The van der Waals surface area contributed by atoms with Gasteiger partial charge in [0.1, 0.15) is 17.5 Å². The van der Waals surface area contributed by atoms with E-state index in [0.29, 0.717) is 23.3 Å². The smallest absolute Gasteiger partial charge is 0.336 e. The SMILES string of the molecule is COc1ccc([C@@H]2C[C@@H](c3ccccc3)C(C(=O)OC3CC4(O)[C@@H](C)C5C6(O)COC6CC(O)[C@@]5(C)C(=O)C(OC(C)=O)C(=C3C)C4(C)C)O2)cc1.[Ac]. The Kier molecular flexibility index (Phi) is 11.0. The minimum Gasteiger partial charge on any atom is -0.497 e. The van der Waals surface area contributed by atoms with Gasteiger partial charge in [-0.25, -0.2) is 4.79 Å². The number of carbonyl (C=O) groups excluding carboxylic acids is 3. The third-order valence-electron chi connectivity index (χ3n) is 13.5. The molecule has 1 radical (unpaired) electrons. The Hall–Kier alpha value is -2.17. The van der Waals surface area contributed by atoms with Crippen molar-refractivity contribution in [2.24, 2.45) is 22.7 Å². The minimum atomic E-state index is -1.72. The molecule has 2 aromatic rings. The van der Waals surface area contributed by atoms with E-state index < -0.39 is 88.2 Å². The Morgan fingerprint density at radius 2 is 1.60 bits per heavy atom. The van der Waals surface area contributed by atoms with Crippen molar-refractivity contribution in [3.05, 3.63) is 76.9 Å². The number of esters is 2. The van der Waals surface area contributed by atoms with Gasteiger partial charge >= 0.3 is 11.9 Å². The molecular weight excluding hydrogens is 895 g/mol. The quantitative estimate of drug-likeness (QED) is 0.279. The first kappa shape index (κ1) is 40.5. The van der Waals surface area contributed by atoms with Crippen molar-refractivity contribution in [2.75, 3.05) is 13.7 Å². The third kappa shape index (κ3) is 6.18. The second-order valence-corrected chi connectivity index (χ2v) is 16.3. The first-order chi connectivity index (χ1) is 24.5. The Morgan fingerprint density at radius 3 is 2.19 bits per heavy atom. The zero-order valence-electron chi connectivity index (χ0n) is 31.4. The number of ketones is 1. The van der Waals surface area contributed by atoms with Crippen molar-refractivity contribution in [2.45, 2.75) is 115 Å². The van der Waals surface area contributed by atoms with Crippen LogP contribution in [0.25, 0.3) is 0 Å². The van der Waals surface area contributed by atoms with E-state index in [0.717, 1.165) is 11.1 Å². The summed E-state index contributed by atoms with van der Waals surface area (Å²) in [6, 6.07) is 17.2. The van der Waals surface area contributed by atoms with Crippen LogP contribution < -0.4 is 4.74 Å². The Morgan fingerprint density at radius 1 is 0.943 bits per heavy atom. The van der Waals surface area contributed by atoms with Crippen molar-refractivity contribution in [3.8, 4) is 5.75 Å². The third-order valence-corrected chi connectivity index (χ3v) is 13.5. The van der Waals surface area contributed by atoms with Gasteiger partial charge in [-0.1, -0.05) is 63.2 Å². The number of Topliss-reactive ketones (excluding diaryl/α,β-unsaturated/α-hetero) is 1. The molecule has 2 aromatic carbocycles. The Labute approximate surface area is 346 Å². The molecule has 283 valence electrons. The summed E-state index contributed by atoms with van der Waals surface area (Å²) < 4.78 is 29.7. The van der Waals surface area contributed by atoms with Crippen molar-refractivity contribution < 1.29 is 97.4 Å². The normalized spacial score (nSPS) is 40.0. The summed E-state index contributed by atoms with van der Waals surface area (Å²) in [6.45, 7) is 9.80. The number of hydrogen-bond donors (Lipinski definition) is 3. The molecule has 7 rings (SSSR count). The van der Waals surface area contributed by atoms with E-state index in [9.17, 15) is 29.7 Å². The van der Waals surface area contributed by atoms with Crippen molar-refractivity contribution in [1.29, 1.82) is 0 Å². The van der Waals surface area contributed by atoms with E-state index in [1.54, 1.807) is 41.7 Å². The molecule has 53 heavy (non-hydrogen) atoms. The summed E-state index contributed by atoms with van der Waals surface area (Å²) in [5.41, 5.74) is -3.46. The molecule has 2 saturated carbocycles. The number of ether oxygens (including phenoxy) is 5. The maximum absolute atomic E-state index is 14.9. The fourth-order valence-corrected chi connectivity index (χ4v) is 10.5. The van der Waals surface area contributed by atoms with E-state index in [1.807, 2.05) is 54.6 Å². The van der Waals surface area contributed by atoms with E-state index in [4.69, 9.17) is 23.7 Å². The molecule has 0 aromatic heterocycles. The topological polar surface area (TPSA) is 158 Å². The molecule has 5 aliphatic rings. The largest absolute Gasteiger partial charge is 0.497 e. The van der Waals surface area contributed by atoms with Crippen molar-refractivity contribution >= 4 is 17.7 Å². The summed E-state index contributed by atoms with van der Waals surface area (Å²) in [7, 11) is 1.60. The monoisotopic (exact) mass is 945 g/mol. The van der Waals surface area contributed by atoms with Crippen LogP contribution in [0.3, 0.4) is 0 Å². The number of aliphatic hydroxyl groups excluding tert-OH is 1. The molecular formula is C41H50AcO11. The van der Waals surface area contributed by atoms with Crippen LogP contribution in [0.1, 0.15) is 84.0 Å². The van der Waals surface area contributed by atoms with Gasteiger partial charge in [0.05, 0.1) is 43.0 Å². The van der Waals surface area contributed by atoms with Crippen molar-refractivity contribution in [1.82, 2.24) is 0 Å². The number of carbonyl (C=O) groups is 3. The summed E-state index contributed by atoms with van der Waals surface area (Å²) in [4.78, 5) is 42.0. The summed E-state index contributed by atoms with van der Waals surface area (Å²) in [5, 5.41) is 36.8. The van der Waals surface area contributed by atoms with Gasteiger partial charge in [0.15, 0.2) is 18.0 Å². The van der Waals surface area contributed by atoms with E-state index in [2.05, 4.69) is 0 Å². The predicted molar refractivity (Wildman–Crippen MR) is 187 cm³/mol. The second kappa shape index (κ2) is 14.4. The maximum atomic E-state index is 14.9. The van der Waals surface area contributed by atoms with Gasteiger partial charge in [-0.2, -0.15) is 0 Å². The minimum absolute atomic E-state index is 0. The van der Waals surface area contributed by atoms with Crippen molar-refractivity contribution in [3.63, 3.8) is 0 Å². The molecule has 4 fully saturated rings. The first-order valence-electron chi connectivity index (χ1n) is 18.2. The molecule has 0 amide bonds. The Balaban J connectivity index is 0.00000481. The predicted octanol–water partition coefficient (Wildman–Crippen LogP) is 4.37. The first-order valence-corrected chi connectivity index (χ1v) is 18.2. The van der Waals surface area contributed by atoms with Gasteiger partial charge in [-0.15, -0.1) is 0 Å². The fourth-order valence-electron chi connectivity index (χ4n) is 10.5. The standard InChI is InChI=1S/C41H50O11.Ac/c1-21-29(52-37(45)33-27(24-11-9-8-10-12-24)17-28(51-33)25-13-15-26(48-7)16-14-25)19-41(47)22(2)35-39(6,30(43)18-31-40(35,46)20-49-31)36(44)34(50-23(3)42)32(21)38(41,4)5;/h8-16,22,27-31,33-35,43,46-47H,17-20H2,1-7H3;/t22-,27-,28-,29?,30?,31?,33?,34?,35?,39+,40?,41?;/m0./s1. The molecule has 11 nitrogen and oxygen atoms in total. The van der Waals surface area contributed by atoms with Gasteiger partial charge in [-0.3, -0.25) is 9.59 Å². The van der Waals surface area contributed by atoms with E-state index in [1.165, 1.54) is 6.92 Å². The summed E-state index contributed by atoms with van der Waals surface area (Å²) >= 11 is 0. The number of methoxy groups -OCH3 is 1. The number of benzene rings is 2. The van der Waals surface area contributed by atoms with Crippen LogP contribution in [-0.4, -0.2) is 88.5 Å². The van der Waals surface area contributed by atoms with Gasteiger partial charge < -0.3 is 39.0 Å². The van der Waals surface area contributed by atoms with E-state index >= 15 is 0 Å². The number of hydrogen-bond acceptors (Lipinski definition) is 11. The molecule has 2 saturated heterocycles. The van der Waals surface area contributed by atoms with Crippen LogP contribution >= 0.6 is 0 Å². The van der Waals surface area contributed by atoms with Crippen LogP contribution in [-0.2, 0) is 33.3 Å². The van der Waals surface area contributed by atoms with Gasteiger partial charge in [-0.05, 0) is 60.6 Å². The zero-order chi connectivity index (χ0) is 37.5. The van der Waals surface area contributed by atoms with Gasteiger partial charge in [0.2, 0.25) is 0 Å². The molecule has 12 atom stereocenters. The molecule has 3 aliphatic carbocycles. The van der Waals surface area contributed by atoms with Crippen LogP contribution in [0.4, 0.5) is 0 Å². The molecule has 2 heterocycles. The van der Waals surface area contributed by atoms with Crippen LogP contribution in [0.15, 0.2) is 65.7 Å². The number of rotatable bonds is 6. The number of aliphatic hydroxyl groups is 3. The average molecular weight is 946 g/mol. The van der Waals surface area contributed by atoms with Crippen LogP contribution in [0.2, 0.25) is 0 Å². The molecule has 3 N–H and O–H groups in total. The van der Waals surface area contributed by atoms with Gasteiger partial charge in [0.25, 0.3) is 0 Å². The second-order valence-electron chi connectivity index (χ2n) is 16.3. The molecule has 0 spiro atoms. The Bertz CT molecular complexity index is 1780. The number of fused-ring (bicyclic) bond motifs is 5. The molecule has 8 unspecified atom stereocenters. The molecule has 2 aliphatic heterocycles. The van der Waals surface area contributed by atoms with Gasteiger partial charge in [0, 0.05) is 81.1 Å². The zero-order valence-corrected chi connectivity index (χ0v) is 36.2. The molecule has 12 heteroatoms. The van der Waals surface area contributed by atoms with E-state index in [-0.39, 0.29) is 69.4 Å².